The first-order valence-electron chi connectivity index (χ1n) is 8.84. The van der Waals surface area contributed by atoms with Gasteiger partial charge in [-0.1, -0.05) is 35.9 Å². The molecule has 6 heteroatoms. The van der Waals surface area contributed by atoms with E-state index in [9.17, 15) is 0 Å². The van der Waals surface area contributed by atoms with Gasteiger partial charge in [0.2, 0.25) is 0 Å². The fraction of sp³-hybridized carbons (Fsp3) is 0.238. The third-order valence-corrected chi connectivity index (χ3v) is 5.00. The lowest BCUT2D eigenvalue weighted by molar-refractivity contribution is -0.0156. The van der Waals surface area contributed by atoms with Crippen LogP contribution in [0.25, 0.3) is 11.3 Å². The summed E-state index contributed by atoms with van der Waals surface area (Å²) in [5, 5.41) is 9.83. The number of nitrogens with zero attached hydrogens (tertiary/aromatic N) is 3. The largest absolute Gasteiger partial charge is 0.378 e. The van der Waals surface area contributed by atoms with Crippen LogP contribution in [0.4, 0.5) is 0 Å². The van der Waals surface area contributed by atoms with Crippen LogP contribution in [0.3, 0.4) is 0 Å². The Labute approximate surface area is 163 Å². The van der Waals surface area contributed by atoms with Crippen LogP contribution >= 0.6 is 11.6 Å². The van der Waals surface area contributed by atoms with Gasteiger partial charge in [0.1, 0.15) is 5.82 Å². The molecule has 1 saturated heterocycles. The normalized spacial score (nSPS) is 17.6. The molecule has 1 N–H and O–H groups in total. The van der Waals surface area contributed by atoms with E-state index in [1.165, 1.54) is 0 Å². The molecule has 27 heavy (non-hydrogen) atoms. The molecule has 136 valence electrons. The van der Waals surface area contributed by atoms with E-state index >= 15 is 0 Å². The van der Waals surface area contributed by atoms with Gasteiger partial charge in [0.15, 0.2) is 0 Å². The molecule has 4 rings (SSSR count). The Morgan fingerprint density at radius 2 is 2.11 bits per heavy atom. The summed E-state index contributed by atoms with van der Waals surface area (Å²) in [6.45, 7) is 2.85. The number of rotatable bonds is 4. The molecule has 0 spiro atoms. The first kappa shape index (κ1) is 17.7. The predicted octanol–water partition coefficient (Wildman–Crippen LogP) is 4.18. The molecule has 1 aliphatic heterocycles. The van der Waals surface area contributed by atoms with E-state index in [-0.39, 0.29) is 6.04 Å². The first-order chi connectivity index (χ1) is 13.2. The molecule has 0 bridgehead atoms. The number of ether oxygens (including phenoxy) is 1. The molecule has 1 aromatic heterocycles. The number of nitrogens with one attached hydrogen (secondary N) is 1. The molecule has 3 aromatic rings. The van der Waals surface area contributed by atoms with E-state index in [0.29, 0.717) is 23.8 Å². The van der Waals surface area contributed by atoms with Crippen LogP contribution in [0.5, 0.6) is 0 Å². The lowest BCUT2D eigenvalue weighted by atomic mass is 10.1. The van der Waals surface area contributed by atoms with E-state index < -0.39 is 0 Å². The average Bonchev–Trinajstić information content (AvgIpc) is 3.19. The molecule has 0 radical (unpaired) electrons. The maximum atomic E-state index is 9.12. The van der Waals surface area contributed by atoms with Crippen molar-refractivity contribution in [2.45, 2.75) is 12.6 Å². The minimum absolute atomic E-state index is 0.0468. The number of imidazole rings is 1. The fourth-order valence-electron chi connectivity index (χ4n) is 3.33. The molecule has 1 unspecified atom stereocenters. The van der Waals surface area contributed by atoms with Crippen LogP contribution in [0.15, 0.2) is 54.7 Å². The Hall–Kier alpha value is -2.65. The van der Waals surface area contributed by atoms with Gasteiger partial charge >= 0.3 is 0 Å². The van der Waals surface area contributed by atoms with Gasteiger partial charge in [0, 0.05) is 18.1 Å². The van der Waals surface area contributed by atoms with Gasteiger partial charge in [-0.05, 0) is 35.4 Å². The van der Waals surface area contributed by atoms with Gasteiger partial charge in [-0.15, -0.1) is 0 Å². The van der Waals surface area contributed by atoms with Crippen LogP contribution in [-0.4, -0.2) is 34.6 Å². The third kappa shape index (κ3) is 4.04. The summed E-state index contributed by atoms with van der Waals surface area (Å²) in [6, 6.07) is 17.7. The van der Waals surface area contributed by atoms with E-state index in [0.717, 1.165) is 35.7 Å². The van der Waals surface area contributed by atoms with E-state index in [4.69, 9.17) is 21.6 Å². The lowest BCUT2D eigenvalue weighted by Crippen LogP contribution is -2.39. The van der Waals surface area contributed by atoms with Crippen LogP contribution in [0.1, 0.15) is 23.0 Å². The first-order valence-corrected chi connectivity index (χ1v) is 9.22. The Kier molecular flexibility index (Phi) is 5.21. The minimum atomic E-state index is 0.0468. The second kappa shape index (κ2) is 7.93. The summed E-state index contributed by atoms with van der Waals surface area (Å²) in [7, 11) is 0. The zero-order valence-electron chi connectivity index (χ0n) is 14.7. The molecule has 2 heterocycles. The molecule has 0 saturated carbocycles. The number of benzene rings is 2. The highest BCUT2D eigenvalue weighted by Crippen LogP contribution is 2.27. The number of nitriles is 1. The maximum absolute atomic E-state index is 9.12. The molecule has 2 aromatic carbocycles. The predicted molar refractivity (Wildman–Crippen MR) is 104 cm³/mol. The molecule has 0 amide bonds. The summed E-state index contributed by atoms with van der Waals surface area (Å²) in [5.74, 6) is 0.885. The Morgan fingerprint density at radius 3 is 2.93 bits per heavy atom. The third-order valence-electron chi connectivity index (χ3n) is 4.75. The van der Waals surface area contributed by atoms with Gasteiger partial charge < -0.3 is 9.72 Å². The molecular formula is C21H19ClN4O. The molecule has 1 aliphatic rings. The van der Waals surface area contributed by atoms with Gasteiger partial charge in [-0.2, -0.15) is 5.26 Å². The van der Waals surface area contributed by atoms with Gasteiger partial charge in [0.05, 0.1) is 42.8 Å². The van der Waals surface area contributed by atoms with Crippen molar-refractivity contribution in [3.05, 3.63) is 76.7 Å². The molecular weight excluding hydrogens is 360 g/mol. The Bertz CT molecular complexity index is 961. The standard InChI is InChI=1S/C21H19ClN4O/c22-18-6-4-17(5-7-18)19-12-24-21(25-19)20-14-27-9-8-26(20)13-16-3-1-2-15(10-16)11-23/h1-7,10,12,20H,8-9,13-14H2,(H,24,25). The summed E-state index contributed by atoms with van der Waals surface area (Å²) >= 11 is 5.97. The van der Waals surface area contributed by atoms with Gasteiger partial charge in [-0.25, -0.2) is 4.98 Å². The highest BCUT2D eigenvalue weighted by molar-refractivity contribution is 6.30. The lowest BCUT2D eigenvalue weighted by Gasteiger charge is -2.34. The van der Waals surface area contributed by atoms with Crippen molar-refractivity contribution in [3.8, 4) is 17.3 Å². The van der Waals surface area contributed by atoms with E-state index in [2.05, 4.69) is 27.0 Å². The number of H-pyrrole nitrogens is 1. The highest BCUT2D eigenvalue weighted by atomic mass is 35.5. The van der Waals surface area contributed by atoms with Crippen molar-refractivity contribution in [1.82, 2.24) is 14.9 Å². The van der Waals surface area contributed by atoms with Crippen molar-refractivity contribution in [2.75, 3.05) is 19.8 Å². The quantitative estimate of drug-likeness (QED) is 0.739. The smallest absolute Gasteiger partial charge is 0.126 e. The number of halogens is 1. The zero-order valence-corrected chi connectivity index (χ0v) is 15.5. The van der Waals surface area contributed by atoms with Crippen LogP contribution in [0.2, 0.25) is 5.02 Å². The number of aromatic amines is 1. The molecule has 1 atom stereocenters. The summed E-state index contributed by atoms with van der Waals surface area (Å²) in [6.07, 6.45) is 1.85. The fourth-order valence-corrected chi connectivity index (χ4v) is 3.46. The summed E-state index contributed by atoms with van der Waals surface area (Å²) in [5.41, 5.74) is 3.80. The second-order valence-corrected chi connectivity index (χ2v) is 7.00. The molecule has 0 aliphatic carbocycles. The SMILES string of the molecule is N#Cc1cccc(CN2CCOCC2c2ncc(-c3ccc(Cl)cc3)[nH]2)c1. The van der Waals surface area contributed by atoms with Crippen LogP contribution < -0.4 is 0 Å². The summed E-state index contributed by atoms with van der Waals surface area (Å²) < 4.78 is 5.71. The Morgan fingerprint density at radius 1 is 1.26 bits per heavy atom. The van der Waals surface area contributed by atoms with Gasteiger partial charge in [0.25, 0.3) is 0 Å². The van der Waals surface area contributed by atoms with Crippen LogP contribution in [-0.2, 0) is 11.3 Å². The van der Waals surface area contributed by atoms with Crippen molar-refractivity contribution < 1.29 is 4.74 Å². The van der Waals surface area contributed by atoms with E-state index in [1.807, 2.05) is 48.7 Å². The average molecular weight is 379 g/mol. The molecule has 5 nitrogen and oxygen atoms in total. The summed E-state index contributed by atoms with van der Waals surface area (Å²) in [4.78, 5) is 10.4. The number of hydrogen-bond donors (Lipinski definition) is 1. The van der Waals surface area contributed by atoms with Crippen molar-refractivity contribution in [2.24, 2.45) is 0 Å². The van der Waals surface area contributed by atoms with Crippen LogP contribution in [0, 0.1) is 11.3 Å². The van der Waals surface area contributed by atoms with Crippen molar-refractivity contribution in [3.63, 3.8) is 0 Å². The number of morpholine rings is 1. The molecule has 1 fully saturated rings. The maximum Gasteiger partial charge on any atom is 0.126 e. The van der Waals surface area contributed by atoms with Crippen molar-refractivity contribution >= 4 is 11.6 Å². The number of hydrogen-bond acceptors (Lipinski definition) is 4. The van der Waals surface area contributed by atoms with Crippen molar-refractivity contribution in [1.29, 1.82) is 5.26 Å². The van der Waals surface area contributed by atoms with Gasteiger partial charge in [-0.3, -0.25) is 4.90 Å². The second-order valence-electron chi connectivity index (χ2n) is 6.56. The monoisotopic (exact) mass is 378 g/mol. The van der Waals surface area contributed by atoms with E-state index in [1.54, 1.807) is 0 Å². The topological polar surface area (TPSA) is 64.9 Å². The Balaban J connectivity index is 1.55. The zero-order chi connectivity index (χ0) is 18.6. The number of aromatic nitrogens is 2. The minimum Gasteiger partial charge on any atom is -0.378 e. The highest BCUT2D eigenvalue weighted by Gasteiger charge is 2.27.